The molecule has 6 nitrogen and oxygen atoms in total. The van der Waals surface area contributed by atoms with Crippen molar-refractivity contribution in [3.8, 4) is 11.6 Å². The van der Waals surface area contributed by atoms with Gasteiger partial charge in [0.25, 0.3) is 0 Å². The van der Waals surface area contributed by atoms with Crippen molar-refractivity contribution in [1.82, 2.24) is 9.97 Å². The summed E-state index contributed by atoms with van der Waals surface area (Å²) in [5.41, 5.74) is 0.422. The van der Waals surface area contributed by atoms with E-state index in [1.54, 1.807) is 25.3 Å². The number of thioether (sulfide) groups is 1. The molecular formula is C12H10ClN3O3S. The van der Waals surface area contributed by atoms with Crippen molar-refractivity contribution >= 4 is 29.1 Å². The Kier molecular flexibility index (Phi) is 4.41. The van der Waals surface area contributed by atoms with Crippen LogP contribution in [0.25, 0.3) is 0 Å². The number of ether oxygens (including phenoxy) is 1. The lowest BCUT2D eigenvalue weighted by Crippen LogP contribution is -1.98. The highest BCUT2D eigenvalue weighted by Crippen LogP contribution is 2.34. The number of para-hydroxylation sites is 1. The molecule has 20 heavy (non-hydrogen) atoms. The van der Waals surface area contributed by atoms with E-state index in [-0.39, 0.29) is 22.5 Å². The first-order chi connectivity index (χ1) is 9.51. The lowest BCUT2D eigenvalue weighted by molar-refractivity contribution is -0.386. The lowest BCUT2D eigenvalue weighted by Gasteiger charge is -2.07. The Labute approximate surface area is 124 Å². The minimum atomic E-state index is -0.483. The Bertz CT molecular complexity index is 666. The molecule has 2 aromatic rings. The van der Waals surface area contributed by atoms with Gasteiger partial charge in [-0.1, -0.05) is 35.5 Å². The molecule has 1 aromatic heterocycles. The van der Waals surface area contributed by atoms with Crippen molar-refractivity contribution in [2.24, 2.45) is 0 Å². The van der Waals surface area contributed by atoms with Crippen LogP contribution in [0.5, 0.6) is 11.6 Å². The number of nitro benzene ring substituents is 1. The molecule has 0 saturated heterocycles. The SMILES string of the molecule is CSc1nc(Cl)cc(Oc2cccc(C)c2[N+](=O)[O-])n1. The number of rotatable bonds is 4. The van der Waals surface area contributed by atoms with Gasteiger partial charge in [0.15, 0.2) is 5.16 Å². The zero-order chi connectivity index (χ0) is 14.7. The zero-order valence-corrected chi connectivity index (χ0v) is 12.2. The van der Waals surface area contributed by atoms with Crippen LogP contribution in [0.1, 0.15) is 5.56 Å². The first-order valence-electron chi connectivity index (χ1n) is 5.51. The summed E-state index contributed by atoms with van der Waals surface area (Å²) in [7, 11) is 0. The fourth-order valence-corrected chi connectivity index (χ4v) is 2.18. The van der Waals surface area contributed by atoms with Gasteiger partial charge in [0.05, 0.1) is 4.92 Å². The van der Waals surface area contributed by atoms with E-state index in [4.69, 9.17) is 16.3 Å². The molecule has 0 aliphatic heterocycles. The van der Waals surface area contributed by atoms with E-state index in [0.717, 1.165) is 0 Å². The lowest BCUT2D eigenvalue weighted by atomic mass is 10.2. The quantitative estimate of drug-likeness (QED) is 0.280. The number of halogens is 1. The Morgan fingerprint density at radius 1 is 1.40 bits per heavy atom. The molecule has 0 bridgehead atoms. The van der Waals surface area contributed by atoms with E-state index in [0.29, 0.717) is 10.7 Å². The minimum absolute atomic E-state index is 0.0899. The van der Waals surface area contributed by atoms with Crippen molar-refractivity contribution in [1.29, 1.82) is 0 Å². The van der Waals surface area contributed by atoms with E-state index in [1.807, 2.05) is 0 Å². The maximum atomic E-state index is 11.1. The second kappa shape index (κ2) is 6.06. The molecule has 0 spiro atoms. The Morgan fingerprint density at radius 2 is 2.15 bits per heavy atom. The Balaban J connectivity index is 2.42. The number of nitro groups is 1. The summed E-state index contributed by atoms with van der Waals surface area (Å²) in [6, 6.07) is 6.24. The third kappa shape index (κ3) is 3.17. The van der Waals surface area contributed by atoms with Gasteiger partial charge in [-0.05, 0) is 19.2 Å². The molecule has 8 heteroatoms. The maximum absolute atomic E-state index is 11.1. The molecular weight excluding hydrogens is 302 g/mol. The molecule has 0 aliphatic carbocycles. The van der Waals surface area contributed by atoms with Crippen molar-refractivity contribution in [3.63, 3.8) is 0 Å². The van der Waals surface area contributed by atoms with Gasteiger partial charge < -0.3 is 4.74 Å². The van der Waals surface area contributed by atoms with E-state index in [2.05, 4.69) is 9.97 Å². The van der Waals surface area contributed by atoms with Gasteiger partial charge >= 0.3 is 5.69 Å². The molecule has 0 N–H and O–H groups in total. The van der Waals surface area contributed by atoms with Gasteiger partial charge in [0, 0.05) is 11.6 Å². The van der Waals surface area contributed by atoms with Crippen molar-refractivity contribution in [2.45, 2.75) is 12.1 Å². The van der Waals surface area contributed by atoms with Crippen molar-refractivity contribution < 1.29 is 9.66 Å². The van der Waals surface area contributed by atoms with Crippen LogP contribution in [0.15, 0.2) is 29.4 Å². The smallest absolute Gasteiger partial charge is 0.314 e. The third-order valence-electron chi connectivity index (χ3n) is 2.43. The zero-order valence-electron chi connectivity index (χ0n) is 10.7. The molecule has 0 aliphatic rings. The number of nitrogens with zero attached hydrogens (tertiary/aromatic N) is 3. The van der Waals surface area contributed by atoms with Gasteiger partial charge in [0.2, 0.25) is 11.6 Å². The van der Waals surface area contributed by atoms with Crippen molar-refractivity contribution in [2.75, 3.05) is 6.26 Å². The summed E-state index contributed by atoms with van der Waals surface area (Å²) in [4.78, 5) is 18.7. The highest BCUT2D eigenvalue weighted by Gasteiger charge is 2.19. The van der Waals surface area contributed by atoms with Crippen LogP contribution in [0.3, 0.4) is 0 Å². The van der Waals surface area contributed by atoms with Crippen LogP contribution in [0.2, 0.25) is 5.15 Å². The van der Waals surface area contributed by atoms with E-state index in [1.165, 1.54) is 23.9 Å². The van der Waals surface area contributed by atoms with E-state index in [9.17, 15) is 10.1 Å². The molecule has 0 radical (unpaired) electrons. The molecule has 0 fully saturated rings. The molecule has 0 saturated carbocycles. The van der Waals surface area contributed by atoms with Crippen LogP contribution in [-0.2, 0) is 0 Å². The molecule has 2 rings (SSSR count). The Morgan fingerprint density at radius 3 is 2.80 bits per heavy atom. The molecule has 104 valence electrons. The van der Waals surface area contributed by atoms with Crippen LogP contribution in [0.4, 0.5) is 5.69 Å². The fraction of sp³-hybridized carbons (Fsp3) is 0.167. The van der Waals surface area contributed by atoms with Crippen LogP contribution < -0.4 is 4.74 Å². The minimum Gasteiger partial charge on any atom is -0.432 e. The summed E-state index contributed by atoms with van der Waals surface area (Å²) in [5, 5.41) is 11.7. The number of benzene rings is 1. The summed E-state index contributed by atoms with van der Waals surface area (Å²) in [6.07, 6.45) is 1.80. The number of hydrogen-bond donors (Lipinski definition) is 0. The summed E-state index contributed by atoms with van der Waals surface area (Å²) < 4.78 is 5.48. The van der Waals surface area contributed by atoms with Gasteiger partial charge in [0.1, 0.15) is 5.15 Å². The second-order valence-electron chi connectivity index (χ2n) is 3.80. The molecule has 0 amide bonds. The fourth-order valence-electron chi connectivity index (χ4n) is 1.58. The standard InChI is InChI=1S/C12H10ClN3O3S/c1-7-4-3-5-8(11(7)16(17)18)19-10-6-9(13)14-12(15-10)20-2/h3-6H,1-2H3. The molecule has 1 heterocycles. The Hall–Kier alpha value is -1.86. The number of hydrogen-bond acceptors (Lipinski definition) is 6. The predicted octanol–water partition coefficient (Wildman–Crippen LogP) is 3.86. The highest BCUT2D eigenvalue weighted by molar-refractivity contribution is 7.98. The molecule has 0 atom stereocenters. The van der Waals surface area contributed by atoms with Crippen LogP contribution in [-0.4, -0.2) is 21.1 Å². The first-order valence-corrected chi connectivity index (χ1v) is 7.12. The average molecular weight is 312 g/mol. The normalized spacial score (nSPS) is 10.3. The second-order valence-corrected chi connectivity index (χ2v) is 4.96. The van der Waals surface area contributed by atoms with Gasteiger partial charge in [-0.2, -0.15) is 4.98 Å². The molecule has 0 unspecified atom stereocenters. The highest BCUT2D eigenvalue weighted by atomic mass is 35.5. The third-order valence-corrected chi connectivity index (χ3v) is 3.17. The average Bonchev–Trinajstić information content (AvgIpc) is 2.37. The van der Waals surface area contributed by atoms with E-state index < -0.39 is 4.92 Å². The van der Waals surface area contributed by atoms with Crippen LogP contribution >= 0.6 is 23.4 Å². The summed E-state index contributed by atoms with van der Waals surface area (Å²) in [6.45, 7) is 1.64. The topological polar surface area (TPSA) is 78.2 Å². The van der Waals surface area contributed by atoms with Gasteiger partial charge in [-0.25, -0.2) is 4.98 Å². The van der Waals surface area contributed by atoms with Gasteiger partial charge in [-0.15, -0.1) is 0 Å². The summed E-state index contributed by atoms with van der Waals surface area (Å²) >= 11 is 7.15. The van der Waals surface area contributed by atoms with Gasteiger partial charge in [-0.3, -0.25) is 10.1 Å². The molecule has 1 aromatic carbocycles. The van der Waals surface area contributed by atoms with E-state index >= 15 is 0 Å². The van der Waals surface area contributed by atoms with Crippen LogP contribution in [0, 0.1) is 17.0 Å². The largest absolute Gasteiger partial charge is 0.432 e. The number of aromatic nitrogens is 2. The first kappa shape index (κ1) is 14.5. The maximum Gasteiger partial charge on any atom is 0.314 e. The monoisotopic (exact) mass is 311 g/mol. The van der Waals surface area contributed by atoms with Crippen molar-refractivity contribution in [3.05, 3.63) is 45.1 Å². The predicted molar refractivity (Wildman–Crippen MR) is 76.7 cm³/mol. The number of aryl methyl sites for hydroxylation is 1. The summed E-state index contributed by atoms with van der Waals surface area (Å²) in [5.74, 6) is 0.292.